The van der Waals surface area contributed by atoms with E-state index in [-0.39, 0.29) is 12.2 Å². The molecular formula is C25H21N3O4. The van der Waals surface area contributed by atoms with Gasteiger partial charge in [-0.3, -0.25) is 9.59 Å². The minimum atomic E-state index is -0.641. The first-order valence-corrected chi connectivity index (χ1v) is 10.0. The van der Waals surface area contributed by atoms with Crippen molar-refractivity contribution in [2.45, 2.75) is 6.92 Å². The van der Waals surface area contributed by atoms with E-state index in [2.05, 4.69) is 10.6 Å². The molecule has 0 saturated carbocycles. The fraction of sp³-hybridized carbons (Fsp3) is 0.0800. The Hall–Kier alpha value is -4.39. The molecular weight excluding hydrogens is 406 g/mol. The molecule has 32 heavy (non-hydrogen) atoms. The van der Waals surface area contributed by atoms with Crippen LogP contribution in [0, 0.1) is 6.92 Å². The van der Waals surface area contributed by atoms with E-state index in [9.17, 15) is 14.4 Å². The number of carbonyl (C=O) groups is 3. The van der Waals surface area contributed by atoms with Gasteiger partial charge in [0.1, 0.15) is 23.7 Å². The maximum absolute atomic E-state index is 12.7. The van der Waals surface area contributed by atoms with Gasteiger partial charge >= 0.3 is 6.03 Å². The topological polar surface area (TPSA) is 87.7 Å². The number of benzene rings is 3. The number of rotatable bonds is 6. The number of carbonyl (C=O) groups excluding carboxylic acids is 3. The average Bonchev–Trinajstić information content (AvgIpc) is 3.02. The fourth-order valence-corrected chi connectivity index (χ4v) is 3.24. The van der Waals surface area contributed by atoms with Crippen LogP contribution < -0.4 is 15.4 Å². The Morgan fingerprint density at radius 3 is 2.50 bits per heavy atom. The van der Waals surface area contributed by atoms with Crippen LogP contribution in [-0.2, 0) is 9.59 Å². The van der Waals surface area contributed by atoms with Crippen LogP contribution in [0.1, 0.15) is 11.1 Å². The minimum absolute atomic E-state index is 0.0928. The number of hydrogen-bond acceptors (Lipinski definition) is 4. The number of anilines is 1. The highest BCUT2D eigenvalue weighted by Crippen LogP contribution is 2.23. The molecule has 1 aliphatic rings. The zero-order valence-corrected chi connectivity index (χ0v) is 17.4. The van der Waals surface area contributed by atoms with Crippen LogP contribution >= 0.6 is 0 Å². The molecule has 0 bridgehead atoms. The van der Waals surface area contributed by atoms with Crippen LogP contribution in [-0.4, -0.2) is 29.3 Å². The molecule has 1 aliphatic heterocycles. The smallest absolute Gasteiger partial charge is 0.329 e. The van der Waals surface area contributed by atoms with Crippen LogP contribution in [0.25, 0.3) is 6.08 Å². The Morgan fingerprint density at radius 1 is 0.969 bits per heavy atom. The van der Waals surface area contributed by atoms with Gasteiger partial charge in [0, 0.05) is 5.69 Å². The molecule has 4 amide bonds. The Kier molecular flexibility index (Phi) is 5.98. The van der Waals surface area contributed by atoms with E-state index in [0.717, 1.165) is 10.5 Å². The molecule has 7 nitrogen and oxygen atoms in total. The largest absolute Gasteiger partial charge is 0.457 e. The predicted octanol–water partition coefficient (Wildman–Crippen LogP) is 4.32. The molecule has 0 atom stereocenters. The highest BCUT2D eigenvalue weighted by Gasteiger charge is 2.34. The summed E-state index contributed by atoms with van der Waals surface area (Å²) >= 11 is 0. The first kappa shape index (κ1) is 20.9. The van der Waals surface area contributed by atoms with Gasteiger partial charge in [-0.25, -0.2) is 9.69 Å². The molecule has 0 unspecified atom stereocenters. The van der Waals surface area contributed by atoms with E-state index in [1.165, 1.54) is 0 Å². The van der Waals surface area contributed by atoms with Crippen molar-refractivity contribution >= 4 is 29.6 Å². The highest BCUT2D eigenvalue weighted by molar-refractivity contribution is 6.15. The van der Waals surface area contributed by atoms with Gasteiger partial charge < -0.3 is 15.4 Å². The van der Waals surface area contributed by atoms with Crippen molar-refractivity contribution < 1.29 is 19.1 Å². The third kappa shape index (κ3) is 5.02. The number of nitrogens with one attached hydrogen (secondary N) is 2. The van der Waals surface area contributed by atoms with Crippen molar-refractivity contribution in [1.29, 1.82) is 0 Å². The van der Waals surface area contributed by atoms with Crippen LogP contribution in [0.15, 0.2) is 84.6 Å². The highest BCUT2D eigenvalue weighted by atomic mass is 16.5. The predicted molar refractivity (Wildman–Crippen MR) is 121 cm³/mol. The Labute approximate surface area is 185 Å². The fourth-order valence-electron chi connectivity index (χ4n) is 3.24. The lowest BCUT2D eigenvalue weighted by atomic mass is 10.2. The molecule has 3 aromatic rings. The SMILES string of the molecule is Cc1cccc(NC(=O)CN2C(=O)N/C(=C/c3cccc(Oc4ccccc4)c3)C2=O)c1. The molecule has 160 valence electrons. The normalized spacial score (nSPS) is 14.4. The summed E-state index contributed by atoms with van der Waals surface area (Å²) in [7, 11) is 0. The van der Waals surface area contributed by atoms with Gasteiger partial charge in [-0.05, 0) is 60.5 Å². The summed E-state index contributed by atoms with van der Waals surface area (Å²) in [5, 5.41) is 5.22. The van der Waals surface area contributed by atoms with Crippen molar-refractivity contribution in [3.8, 4) is 11.5 Å². The maximum Gasteiger partial charge on any atom is 0.329 e. The van der Waals surface area contributed by atoms with Crippen molar-refractivity contribution in [3.05, 3.63) is 95.7 Å². The third-order valence-corrected chi connectivity index (χ3v) is 4.71. The van der Waals surface area contributed by atoms with Gasteiger partial charge in [-0.15, -0.1) is 0 Å². The minimum Gasteiger partial charge on any atom is -0.457 e. The van der Waals surface area contributed by atoms with E-state index in [1.807, 2.05) is 49.4 Å². The van der Waals surface area contributed by atoms with Gasteiger partial charge in [0.05, 0.1) is 0 Å². The van der Waals surface area contributed by atoms with Gasteiger partial charge in [0.25, 0.3) is 5.91 Å². The molecule has 0 spiro atoms. The number of imide groups is 1. The number of para-hydroxylation sites is 1. The molecule has 2 N–H and O–H groups in total. The molecule has 1 heterocycles. The molecule has 0 aromatic heterocycles. The summed E-state index contributed by atoms with van der Waals surface area (Å²) in [6.45, 7) is 1.52. The van der Waals surface area contributed by atoms with Gasteiger partial charge in [-0.1, -0.05) is 42.5 Å². The van der Waals surface area contributed by atoms with Crippen molar-refractivity contribution in [3.63, 3.8) is 0 Å². The number of aryl methyl sites for hydroxylation is 1. The Bertz CT molecular complexity index is 1200. The second-order valence-electron chi connectivity index (χ2n) is 7.28. The molecule has 0 aliphatic carbocycles. The second-order valence-corrected chi connectivity index (χ2v) is 7.28. The lowest BCUT2D eigenvalue weighted by Crippen LogP contribution is -2.38. The van der Waals surface area contributed by atoms with Crippen LogP contribution in [0.2, 0.25) is 0 Å². The summed E-state index contributed by atoms with van der Waals surface area (Å²) < 4.78 is 5.81. The summed E-state index contributed by atoms with van der Waals surface area (Å²) in [5.41, 5.74) is 2.36. The lowest BCUT2D eigenvalue weighted by molar-refractivity contribution is -0.127. The average molecular weight is 427 g/mol. The zero-order valence-electron chi connectivity index (χ0n) is 17.4. The Morgan fingerprint density at radius 2 is 1.72 bits per heavy atom. The number of amides is 4. The zero-order chi connectivity index (χ0) is 22.5. The number of hydrogen-bond donors (Lipinski definition) is 2. The number of ether oxygens (including phenoxy) is 1. The maximum atomic E-state index is 12.7. The first-order chi connectivity index (χ1) is 15.5. The second kappa shape index (κ2) is 9.18. The van der Waals surface area contributed by atoms with E-state index in [0.29, 0.717) is 22.7 Å². The summed E-state index contributed by atoms with van der Waals surface area (Å²) in [4.78, 5) is 38.2. The van der Waals surface area contributed by atoms with Crippen molar-refractivity contribution in [2.24, 2.45) is 0 Å². The van der Waals surface area contributed by atoms with E-state index < -0.39 is 17.8 Å². The van der Waals surface area contributed by atoms with E-state index in [1.54, 1.807) is 42.5 Å². The third-order valence-electron chi connectivity index (χ3n) is 4.71. The molecule has 7 heteroatoms. The number of urea groups is 1. The monoisotopic (exact) mass is 427 g/mol. The van der Waals surface area contributed by atoms with Crippen LogP contribution in [0.5, 0.6) is 11.5 Å². The van der Waals surface area contributed by atoms with Gasteiger partial charge in [-0.2, -0.15) is 0 Å². The van der Waals surface area contributed by atoms with Crippen LogP contribution in [0.3, 0.4) is 0 Å². The quantitative estimate of drug-likeness (QED) is 0.453. The van der Waals surface area contributed by atoms with Crippen molar-refractivity contribution in [1.82, 2.24) is 10.2 Å². The Balaban J connectivity index is 1.44. The van der Waals surface area contributed by atoms with E-state index in [4.69, 9.17) is 4.74 Å². The molecule has 3 aromatic carbocycles. The van der Waals surface area contributed by atoms with Gasteiger partial charge in [0.2, 0.25) is 5.91 Å². The lowest BCUT2D eigenvalue weighted by Gasteiger charge is -2.12. The van der Waals surface area contributed by atoms with Crippen LogP contribution in [0.4, 0.5) is 10.5 Å². The molecule has 4 rings (SSSR count). The number of nitrogens with zero attached hydrogens (tertiary/aromatic N) is 1. The summed E-state index contributed by atoms with van der Waals surface area (Å²) in [6, 6.07) is 23.1. The molecule has 1 fully saturated rings. The first-order valence-electron chi connectivity index (χ1n) is 10.0. The molecule has 1 saturated heterocycles. The van der Waals surface area contributed by atoms with Crippen molar-refractivity contribution in [2.75, 3.05) is 11.9 Å². The standard InChI is InChI=1S/C25H21N3O4/c1-17-7-5-9-19(13-17)26-23(29)16-28-24(30)22(27-25(28)31)15-18-8-6-12-21(14-18)32-20-10-3-2-4-11-20/h2-15H,16H2,1H3,(H,26,29)(H,27,31)/b22-15+. The van der Waals surface area contributed by atoms with E-state index >= 15 is 0 Å². The summed E-state index contributed by atoms with van der Waals surface area (Å²) in [5.74, 6) is 0.257. The van der Waals surface area contributed by atoms with Gasteiger partial charge in [0.15, 0.2) is 0 Å². The molecule has 0 radical (unpaired) electrons. The summed E-state index contributed by atoms with van der Waals surface area (Å²) in [6.07, 6.45) is 1.55.